The van der Waals surface area contributed by atoms with E-state index in [1.807, 2.05) is 23.1 Å². The highest BCUT2D eigenvalue weighted by molar-refractivity contribution is 9.10. The fraction of sp³-hybridized carbons (Fsp3) is 0.500. The number of carbonyl (C=O) groups excluding carboxylic acids is 1. The lowest BCUT2D eigenvalue weighted by Gasteiger charge is -2.38. The third-order valence-corrected chi connectivity index (χ3v) is 3.81. The molecule has 2 rings (SSSR count). The molecule has 1 aliphatic heterocycles. The molecule has 1 aromatic carbocycles. The van der Waals surface area contributed by atoms with Gasteiger partial charge >= 0.3 is 0 Å². The lowest BCUT2D eigenvalue weighted by molar-refractivity contribution is 0.0612. The number of rotatable bonds is 5. The molecule has 104 valence electrons. The van der Waals surface area contributed by atoms with Gasteiger partial charge in [0.2, 0.25) is 0 Å². The van der Waals surface area contributed by atoms with Gasteiger partial charge in [-0.25, -0.2) is 0 Å². The molecule has 0 radical (unpaired) electrons. The van der Waals surface area contributed by atoms with E-state index in [4.69, 9.17) is 4.74 Å². The maximum absolute atomic E-state index is 12.7. The van der Waals surface area contributed by atoms with E-state index in [1.165, 1.54) is 0 Å². The molecule has 1 saturated heterocycles. The molecule has 1 heterocycles. The monoisotopic (exact) mass is 326 g/mol. The summed E-state index contributed by atoms with van der Waals surface area (Å²) in [7, 11) is 1.59. The van der Waals surface area contributed by atoms with Crippen LogP contribution in [0.5, 0.6) is 5.75 Å². The van der Waals surface area contributed by atoms with Crippen molar-refractivity contribution in [3.8, 4) is 5.75 Å². The van der Waals surface area contributed by atoms with Gasteiger partial charge in [-0.2, -0.15) is 0 Å². The quantitative estimate of drug-likeness (QED) is 0.902. The topological polar surface area (TPSA) is 41.6 Å². The summed E-state index contributed by atoms with van der Waals surface area (Å²) in [5.74, 6) is 0.672. The second-order valence-electron chi connectivity index (χ2n) is 4.66. The Morgan fingerprint density at radius 1 is 1.53 bits per heavy atom. The van der Waals surface area contributed by atoms with Gasteiger partial charge in [0.1, 0.15) is 5.75 Å². The molecule has 1 fully saturated rings. The van der Waals surface area contributed by atoms with Crippen LogP contribution in [0.15, 0.2) is 22.7 Å². The zero-order valence-corrected chi connectivity index (χ0v) is 12.9. The molecule has 19 heavy (non-hydrogen) atoms. The standard InChI is InChI=1S/C14H19BrN2O2/c1-3-6-17(11-8-16-9-11)14(18)12-5-4-10(15)7-13(12)19-2/h4-5,7,11,16H,3,6,8-9H2,1-2H3. The van der Waals surface area contributed by atoms with E-state index in [-0.39, 0.29) is 5.91 Å². The number of carbonyl (C=O) groups is 1. The predicted octanol–water partition coefficient (Wildman–Crippen LogP) is 2.28. The summed E-state index contributed by atoms with van der Waals surface area (Å²) in [6.45, 7) is 4.63. The molecule has 0 spiro atoms. The molecule has 1 aliphatic rings. The Bertz CT molecular complexity index is 461. The normalized spacial score (nSPS) is 14.9. The Labute approximate surface area is 122 Å². The third-order valence-electron chi connectivity index (χ3n) is 3.32. The molecule has 0 aromatic heterocycles. The van der Waals surface area contributed by atoms with Gasteiger partial charge in [0.05, 0.1) is 18.7 Å². The van der Waals surface area contributed by atoms with E-state index >= 15 is 0 Å². The molecule has 0 atom stereocenters. The second-order valence-corrected chi connectivity index (χ2v) is 5.57. The number of benzene rings is 1. The van der Waals surface area contributed by atoms with Crippen LogP contribution in [0.1, 0.15) is 23.7 Å². The third kappa shape index (κ3) is 3.09. The molecule has 1 aromatic rings. The van der Waals surface area contributed by atoms with Crippen LogP contribution in [0.3, 0.4) is 0 Å². The zero-order valence-electron chi connectivity index (χ0n) is 11.3. The van der Waals surface area contributed by atoms with Crippen LogP contribution in [0, 0.1) is 0 Å². The Balaban J connectivity index is 2.25. The predicted molar refractivity (Wildman–Crippen MR) is 78.7 cm³/mol. The molecular formula is C14H19BrN2O2. The van der Waals surface area contributed by atoms with E-state index in [2.05, 4.69) is 28.2 Å². The van der Waals surface area contributed by atoms with Crippen LogP contribution < -0.4 is 10.1 Å². The van der Waals surface area contributed by atoms with Crippen LogP contribution in [-0.4, -0.2) is 43.6 Å². The Morgan fingerprint density at radius 3 is 2.79 bits per heavy atom. The van der Waals surface area contributed by atoms with E-state index in [1.54, 1.807) is 7.11 Å². The van der Waals surface area contributed by atoms with Crippen LogP contribution >= 0.6 is 15.9 Å². The summed E-state index contributed by atoms with van der Waals surface area (Å²) in [5.41, 5.74) is 0.631. The Hall–Kier alpha value is -1.07. The molecule has 0 unspecified atom stereocenters. The van der Waals surface area contributed by atoms with Crippen LogP contribution in [-0.2, 0) is 0 Å². The largest absolute Gasteiger partial charge is 0.496 e. The maximum atomic E-state index is 12.7. The number of methoxy groups -OCH3 is 1. The van der Waals surface area contributed by atoms with Crippen molar-refractivity contribution in [2.75, 3.05) is 26.7 Å². The number of nitrogens with one attached hydrogen (secondary N) is 1. The van der Waals surface area contributed by atoms with Crippen molar-refractivity contribution in [3.05, 3.63) is 28.2 Å². The number of halogens is 1. The average molecular weight is 327 g/mol. The van der Waals surface area contributed by atoms with Gasteiger partial charge in [0.15, 0.2) is 0 Å². The molecule has 1 N–H and O–H groups in total. The highest BCUT2D eigenvalue weighted by atomic mass is 79.9. The average Bonchev–Trinajstić information content (AvgIpc) is 2.35. The van der Waals surface area contributed by atoms with Crippen molar-refractivity contribution in [1.29, 1.82) is 0 Å². The number of hydrogen-bond donors (Lipinski definition) is 1. The molecule has 5 heteroatoms. The fourth-order valence-electron chi connectivity index (χ4n) is 2.18. The van der Waals surface area contributed by atoms with Crippen molar-refractivity contribution < 1.29 is 9.53 Å². The summed E-state index contributed by atoms with van der Waals surface area (Å²) in [6, 6.07) is 5.83. The first-order valence-corrected chi connectivity index (χ1v) is 7.32. The molecule has 4 nitrogen and oxygen atoms in total. The SMILES string of the molecule is CCCN(C(=O)c1ccc(Br)cc1OC)C1CNC1. The van der Waals surface area contributed by atoms with Gasteiger partial charge in [0.25, 0.3) is 5.91 Å². The van der Waals surface area contributed by atoms with E-state index < -0.39 is 0 Å². The van der Waals surface area contributed by atoms with Crippen molar-refractivity contribution >= 4 is 21.8 Å². The van der Waals surface area contributed by atoms with Gasteiger partial charge in [-0.05, 0) is 24.6 Å². The minimum Gasteiger partial charge on any atom is -0.496 e. The summed E-state index contributed by atoms with van der Waals surface area (Å²) in [6.07, 6.45) is 0.959. The number of nitrogens with zero attached hydrogens (tertiary/aromatic N) is 1. The molecular weight excluding hydrogens is 308 g/mol. The van der Waals surface area contributed by atoms with Gasteiger partial charge < -0.3 is 15.0 Å². The number of hydrogen-bond acceptors (Lipinski definition) is 3. The minimum absolute atomic E-state index is 0.0534. The van der Waals surface area contributed by atoms with Crippen molar-refractivity contribution in [2.24, 2.45) is 0 Å². The minimum atomic E-state index is 0.0534. The second kappa shape index (κ2) is 6.39. The molecule has 1 amide bonds. The first-order chi connectivity index (χ1) is 9.17. The highest BCUT2D eigenvalue weighted by Crippen LogP contribution is 2.25. The van der Waals surface area contributed by atoms with Crippen LogP contribution in [0.4, 0.5) is 0 Å². The summed E-state index contributed by atoms with van der Waals surface area (Å²) in [4.78, 5) is 14.6. The van der Waals surface area contributed by atoms with Crippen molar-refractivity contribution in [2.45, 2.75) is 19.4 Å². The van der Waals surface area contributed by atoms with Crippen LogP contribution in [0.25, 0.3) is 0 Å². The Morgan fingerprint density at radius 2 is 2.26 bits per heavy atom. The summed E-state index contributed by atoms with van der Waals surface area (Å²) < 4.78 is 6.22. The van der Waals surface area contributed by atoms with E-state index in [0.717, 1.165) is 30.5 Å². The van der Waals surface area contributed by atoms with Crippen LogP contribution in [0.2, 0.25) is 0 Å². The Kier molecular flexibility index (Phi) is 4.82. The summed E-state index contributed by atoms with van der Waals surface area (Å²) in [5, 5.41) is 3.21. The van der Waals surface area contributed by atoms with Gasteiger partial charge in [0, 0.05) is 24.1 Å². The molecule has 0 aliphatic carbocycles. The molecule has 0 saturated carbocycles. The first kappa shape index (κ1) is 14.3. The maximum Gasteiger partial charge on any atom is 0.257 e. The van der Waals surface area contributed by atoms with Gasteiger partial charge in [-0.1, -0.05) is 22.9 Å². The van der Waals surface area contributed by atoms with Crippen molar-refractivity contribution in [1.82, 2.24) is 10.2 Å². The van der Waals surface area contributed by atoms with Crippen molar-refractivity contribution in [3.63, 3.8) is 0 Å². The lowest BCUT2D eigenvalue weighted by atomic mass is 10.1. The van der Waals surface area contributed by atoms with Gasteiger partial charge in [-0.3, -0.25) is 4.79 Å². The number of ether oxygens (including phenoxy) is 1. The summed E-state index contributed by atoms with van der Waals surface area (Å²) >= 11 is 3.39. The van der Waals surface area contributed by atoms with E-state index in [9.17, 15) is 4.79 Å². The number of amides is 1. The van der Waals surface area contributed by atoms with Gasteiger partial charge in [-0.15, -0.1) is 0 Å². The van der Waals surface area contributed by atoms with E-state index in [0.29, 0.717) is 17.4 Å². The first-order valence-electron chi connectivity index (χ1n) is 6.52. The smallest absolute Gasteiger partial charge is 0.257 e. The highest BCUT2D eigenvalue weighted by Gasteiger charge is 2.29. The zero-order chi connectivity index (χ0) is 13.8. The lowest BCUT2D eigenvalue weighted by Crippen LogP contribution is -2.59. The fourth-order valence-corrected chi connectivity index (χ4v) is 2.52. The molecule has 0 bridgehead atoms.